The molecule has 3 rings (SSSR count). The van der Waals surface area contributed by atoms with Gasteiger partial charge in [0.05, 0.1) is 6.61 Å². The number of nitrogens with two attached hydrogens (primary N) is 1. The van der Waals surface area contributed by atoms with E-state index in [2.05, 4.69) is 18.2 Å². The van der Waals surface area contributed by atoms with Crippen molar-refractivity contribution in [2.75, 3.05) is 6.61 Å². The smallest absolute Gasteiger partial charge is 0.125 e. The first-order chi connectivity index (χ1) is 7.84. The molecule has 0 radical (unpaired) electrons. The van der Waals surface area contributed by atoms with Crippen LogP contribution in [0.25, 0.3) is 0 Å². The largest absolute Gasteiger partial charge is 0.493 e. The standard InChI is InChI=1S/C14H19NO/c15-13(10-4-5-10)7-6-11-2-1-3-12-8-9-16-14(11)12/h1-3,10,13H,4-9,15H2. The van der Waals surface area contributed by atoms with E-state index in [1.807, 2.05) is 0 Å². The van der Waals surface area contributed by atoms with Crippen LogP contribution in [0.5, 0.6) is 5.75 Å². The van der Waals surface area contributed by atoms with Crippen LogP contribution in [-0.4, -0.2) is 12.6 Å². The first-order valence-electron chi connectivity index (χ1n) is 6.34. The summed E-state index contributed by atoms with van der Waals surface area (Å²) in [5.41, 5.74) is 8.86. The summed E-state index contributed by atoms with van der Waals surface area (Å²) < 4.78 is 5.70. The van der Waals surface area contributed by atoms with E-state index in [1.54, 1.807) is 0 Å². The van der Waals surface area contributed by atoms with Crippen molar-refractivity contribution in [1.82, 2.24) is 0 Å². The third-order valence-electron chi connectivity index (χ3n) is 3.77. The first-order valence-corrected chi connectivity index (χ1v) is 6.34. The number of fused-ring (bicyclic) bond motifs is 1. The van der Waals surface area contributed by atoms with Gasteiger partial charge in [-0.15, -0.1) is 0 Å². The molecule has 1 heterocycles. The molecule has 1 fully saturated rings. The molecule has 0 aromatic heterocycles. The van der Waals surface area contributed by atoms with Crippen LogP contribution in [0.4, 0.5) is 0 Å². The second-order valence-electron chi connectivity index (χ2n) is 5.04. The molecular formula is C14H19NO. The van der Waals surface area contributed by atoms with Crippen LogP contribution in [0, 0.1) is 5.92 Å². The summed E-state index contributed by atoms with van der Waals surface area (Å²) in [5.74, 6) is 1.95. The van der Waals surface area contributed by atoms with E-state index < -0.39 is 0 Å². The Morgan fingerprint density at radius 3 is 3.06 bits per heavy atom. The predicted octanol–water partition coefficient (Wildman–Crippen LogP) is 2.29. The summed E-state index contributed by atoms with van der Waals surface area (Å²) in [6.07, 6.45) is 5.91. The zero-order valence-electron chi connectivity index (χ0n) is 9.61. The molecule has 86 valence electrons. The third-order valence-corrected chi connectivity index (χ3v) is 3.77. The minimum Gasteiger partial charge on any atom is -0.493 e. The normalized spacial score (nSPS) is 20.3. The summed E-state index contributed by atoms with van der Waals surface area (Å²) in [4.78, 5) is 0. The Bertz CT molecular complexity index is 384. The fourth-order valence-corrected chi connectivity index (χ4v) is 2.56. The van der Waals surface area contributed by atoms with E-state index in [9.17, 15) is 0 Å². The highest BCUT2D eigenvalue weighted by Gasteiger charge is 2.28. The highest BCUT2D eigenvalue weighted by Crippen LogP contribution is 2.35. The number of benzene rings is 1. The Hall–Kier alpha value is -1.02. The van der Waals surface area contributed by atoms with Gasteiger partial charge in [-0.3, -0.25) is 0 Å². The maximum absolute atomic E-state index is 6.13. The molecule has 1 aliphatic carbocycles. The minimum atomic E-state index is 0.400. The van der Waals surface area contributed by atoms with Crippen molar-refractivity contribution in [2.24, 2.45) is 11.7 Å². The summed E-state index contributed by atoms with van der Waals surface area (Å²) in [6, 6.07) is 6.90. The molecule has 2 N–H and O–H groups in total. The van der Waals surface area contributed by atoms with Crippen LogP contribution in [0.3, 0.4) is 0 Å². The summed E-state index contributed by atoms with van der Waals surface area (Å²) in [7, 11) is 0. The topological polar surface area (TPSA) is 35.2 Å². The van der Waals surface area contributed by atoms with E-state index in [0.717, 1.165) is 37.5 Å². The van der Waals surface area contributed by atoms with Gasteiger partial charge in [0.25, 0.3) is 0 Å². The lowest BCUT2D eigenvalue weighted by molar-refractivity contribution is 0.352. The van der Waals surface area contributed by atoms with Gasteiger partial charge in [-0.2, -0.15) is 0 Å². The van der Waals surface area contributed by atoms with Crippen LogP contribution in [0.2, 0.25) is 0 Å². The highest BCUT2D eigenvalue weighted by atomic mass is 16.5. The molecule has 1 aliphatic heterocycles. The predicted molar refractivity (Wildman–Crippen MR) is 64.7 cm³/mol. The molecule has 0 bridgehead atoms. The summed E-state index contributed by atoms with van der Waals surface area (Å²) in [6.45, 7) is 0.848. The van der Waals surface area contributed by atoms with Crippen molar-refractivity contribution in [3.63, 3.8) is 0 Å². The van der Waals surface area contributed by atoms with Gasteiger partial charge in [0.15, 0.2) is 0 Å². The minimum absolute atomic E-state index is 0.400. The molecule has 2 aliphatic rings. The zero-order chi connectivity index (χ0) is 11.0. The maximum atomic E-state index is 6.13. The Balaban J connectivity index is 1.67. The molecule has 16 heavy (non-hydrogen) atoms. The van der Waals surface area contributed by atoms with Crippen molar-refractivity contribution in [2.45, 2.75) is 38.1 Å². The van der Waals surface area contributed by atoms with Gasteiger partial charge in [-0.05, 0) is 42.7 Å². The van der Waals surface area contributed by atoms with Gasteiger partial charge in [-0.25, -0.2) is 0 Å². The zero-order valence-corrected chi connectivity index (χ0v) is 9.61. The number of para-hydroxylation sites is 1. The third kappa shape index (κ3) is 1.94. The fraction of sp³-hybridized carbons (Fsp3) is 0.571. The Labute approximate surface area is 96.8 Å². The van der Waals surface area contributed by atoms with Crippen molar-refractivity contribution in [3.8, 4) is 5.75 Å². The van der Waals surface area contributed by atoms with E-state index in [4.69, 9.17) is 10.5 Å². The van der Waals surface area contributed by atoms with Crippen LogP contribution in [0.1, 0.15) is 30.4 Å². The average Bonchev–Trinajstić information content (AvgIpc) is 3.04. The Morgan fingerprint density at radius 2 is 2.25 bits per heavy atom. The molecule has 2 heteroatoms. The lowest BCUT2D eigenvalue weighted by Crippen LogP contribution is -2.22. The molecule has 1 atom stereocenters. The average molecular weight is 217 g/mol. The van der Waals surface area contributed by atoms with Gasteiger partial charge in [-0.1, -0.05) is 18.2 Å². The SMILES string of the molecule is NC(CCc1cccc2c1OCC2)C1CC1. The number of hydrogen-bond acceptors (Lipinski definition) is 2. The van der Waals surface area contributed by atoms with E-state index in [0.29, 0.717) is 6.04 Å². The quantitative estimate of drug-likeness (QED) is 0.840. The van der Waals surface area contributed by atoms with Gasteiger partial charge in [0.2, 0.25) is 0 Å². The number of ether oxygens (including phenoxy) is 1. The van der Waals surface area contributed by atoms with Crippen LogP contribution in [0.15, 0.2) is 18.2 Å². The van der Waals surface area contributed by atoms with Crippen molar-refractivity contribution in [3.05, 3.63) is 29.3 Å². The van der Waals surface area contributed by atoms with Crippen LogP contribution >= 0.6 is 0 Å². The van der Waals surface area contributed by atoms with E-state index >= 15 is 0 Å². The second-order valence-corrected chi connectivity index (χ2v) is 5.04. The molecule has 0 spiro atoms. The first kappa shape index (κ1) is 10.2. The molecule has 0 saturated heterocycles. The molecule has 1 aromatic carbocycles. The summed E-state index contributed by atoms with van der Waals surface area (Å²) in [5, 5.41) is 0. The van der Waals surface area contributed by atoms with Gasteiger partial charge in [0, 0.05) is 12.5 Å². The molecule has 2 nitrogen and oxygen atoms in total. The number of hydrogen-bond donors (Lipinski definition) is 1. The monoisotopic (exact) mass is 217 g/mol. The van der Waals surface area contributed by atoms with Crippen molar-refractivity contribution >= 4 is 0 Å². The Kier molecular flexibility index (Phi) is 2.60. The lowest BCUT2D eigenvalue weighted by Gasteiger charge is -2.12. The van der Waals surface area contributed by atoms with Crippen molar-refractivity contribution < 1.29 is 4.74 Å². The second kappa shape index (κ2) is 4.10. The molecule has 1 unspecified atom stereocenters. The molecule has 1 aromatic rings. The van der Waals surface area contributed by atoms with E-state index in [1.165, 1.54) is 24.0 Å². The highest BCUT2D eigenvalue weighted by molar-refractivity contribution is 5.44. The van der Waals surface area contributed by atoms with Crippen molar-refractivity contribution in [1.29, 1.82) is 0 Å². The van der Waals surface area contributed by atoms with Crippen LogP contribution < -0.4 is 10.5 Å². The number of rotatable bonds is 4. The Morgan fingerprint density at radius 1 is 1.38 bits per heavy atom. The molecule has 1 saturated carbocycles. The van der Waals surface area contributed by atoms with Gasteiger partial charge in [0.1, 0.15) is 5.75 Å². The van der Waals surface area contributed by atoms with E-state index in [-0.39, 0.29) is 0 Å². The maximum Gasteiger partial charge on any atom is 0.125 e. The molecule has 0 amide bonds. The summed E-state index contributed by atoms with van der Waals surface area (Å²) >= 11 is 0. The fourth-order valence-electron chi connectivity index (χ4n) is 2.56. The van der Waals surface area contributed by atoms with Gasteiger partial charge < -0.3 is 10.5 Å². The van der Waals surface area contributed by atoms with Crippen LogP contribution in [-0.2, 0) is 12.8 Å². The lowest BCUT2D eigenvalue weighted by atomic mass is 10.00. The number of aryl methyl sites for hydroxylation is 1. The molecular weight excluding hydrogens is 198 g/mol. The van der Waals surface area contributed by atoms with Gasteiger partial charge >= 0.3 is 0 Å².